The summed E-state index contributed by atoms with van der Waals surface area (Å²) in [6.07, 6.45) is 71.6. The molecule has 0 aromatic rings. The molecule has 1 amide bonds. The first-order valence-electron chi connectivity index (χ1n) is 32.2. The summed E-state index contributed by atoms with van der Waals surface area (Å²) in [5.41, 5.74) is 0. The number of amides is 1. The van der Waals surface area contributed by atoms with Gasteiger partial charge in [-0.2, -0.15) is 0 Å². The van der Waals surface area contributed by atoms with Gasteiger partial charge >= 0.3 is 7.82 Å². The number of quaternary nitrogens is 1. The van der Waals surface area contributed by atoms with Crippen molar-refractivity contribution in [2.45, 2.75) is 341 Å². The Bertz CT molecular complexity index is 1240. The molecular formula is C64H128N2O6P+. The molecule has 0 aliphatic rings. The van der Waals surface area contributed by atoms with E-state index in [1.807, 2.05) is 27.2 Å². The smallest absolute Gasteiger partial charge is 0.387 e. The number of unbranched alkanes of at least 4 members (excludes halogenated alkanes) is 45. The molecule has 9 heteroatoms. The molecule has 0 rings (SSSR count). The minimum Gasteiger partial charge on any atom is -0.387 e. The SMILES string of the molecule is CCCCCCCCCCCCCC/C=C\CCCCCCCCCCCCCC(=O)NC(COP(=O)(O)OCC[N+](C)(C)C)C(O)/C=C/CCCCCCCCCCCCCCCCCCCCCCCC. The van der Waals surface area contributed by atoms with Crippen molar-refractivity contribution in [1.29, 1.82) is 0 Å². The van der Waals surface area contributed by atoms with E-state index in [1.165, 1.54) is 276 Å². The number of allylic oxidation sites excluding steroid dienone is 3. The van der Waals surface area contributed by atoms with Crippen molar-refractivity contribution in [2.75, 3.05) is 40.9 Å². The third-order valence-electron chi connectivity index (χ3n) is 14.9. The van der Waals surface area contributed by atoms with Crippen LogP contribution < -0.4 is 5.32 Å². The van der Waals surface area contributed by atoms with E-state index < -0.39 is 20.0 Å². The number of carbonyl (C=O) groups is 1. The van der Waals surface area contributed by atoms with Crippen molar-refractivity contribution < 1.29 is 32.9 Å². The molecule has 3 atom stereocenters. The van der Waals surface area contributed by atoms with Gasteiger partial charge in [-0.05, 0) is 44.9 Å². The summed E-state index contributed by atoms with van der Waals surface area (Å²) < 4.78 is 23.8. The van der Waals surface area contributed by atoms with E-state index in [-0.39, 0.29) is 19.1 Å². The van der Waals surface area contributed by atoms with Crippen LogP contribution in [0.3, 0.4) is 0 Å². The van der Waals surface area contributed by atoms with Gasteiger partial charge in [0.05, 0.1) is 39.9 Å². The van der Waals surface area contributed by atoms with Gasteiger partial charge in [-0.25, -0.2) is 4.57 Å². The number of rotatable bonds is 60. The topological polar surface area (TPSA) is 105 Å². The molecule has 0 aliphatic heterocycles. The summed E-state index contributed by atoms with van der Waals surface area (Å²) in [4.78, 5) is 23.4. The fourth-order valence-corrected chi connectivity index (χ4v) is 10.6. The third kappa shape index (κ3) is 58.5. The average molecular weight is 1050 g/mol. The molecular weight excluding hydrogens is 924 g/mol. The summed E-state index contributed by atoms with van der Waals surface area (Å²) in [5.74, 6) is -0.172. The van der Waals surface area contributed by atoms with Crippen LogP contribution in [-0.4, -0.2) is 73.4 Å². The Morgan fingerprint density at radius 3 is 1.05 bits per heavy atom. The van der Waals surface area contributed by atoms with Crippen LogP contribution in [0.25, 0.3) is 0 Å². The number of nitrogens with zero attached hydrogens (tertiary/aromatic N) is 1. The minimum atomic E-state index is -4.35. The first-order valence-corrected chi connectivity index (χ1v) is 33.7. The molecule has 8 nitrogen and oxygen atoms in total. The highest BCUT2D eigenvalue weighted by Crippen LogP contribution is 2.43. The average Bonchev–Trinajstić information content (AvgIpc) is 3.35. The van der Waals surface area contributed by atoms with Gasteiger partial charge in [-0.1, -0.05) is 301 Å². The van der Waals surface area contributed by atoms with Gasteiger partial charge in [0.25, 0.3) is 0 Å². The van der Waals surface area contributed by atoms with Crippen molar-refractivity contribution in [3.63, 3.8) is 0 Å². The zero-order valence-corrected chi connectivity index (χ0v) is 50.5. The van der Waals surface area contributed by atoms with Gasteiger partial charge in [-0.15, -0.1) is 0 Å². The normalized spacial score (nSPS) is 13.9. The van der Waals surface area contributed by atoms with Crippen LogP contribution in [0.15, 0.2) is 24.3 Å². The minimum absolute atomic E-state index is 0.0634. The molecule has 73 heavy (non-hydrogen) atoms. The number of nitrogens with one attached hydrogen (secondary N) is 1. The summed E-state index contributed by atoms with van der Waals surface area (Å²) in [6.45, 7) is 4.87. The fraction of sp³-hybridized carbons (Fsp3) is 0.922. The van der Waals surface area contributed by atoms with Gasteiger partial charge in [-0.3, -0.25) is 13.8 Å². The van der Waals surface area contributed by atoms with Crippen LogP contribution >= 0.6 is 7.82 Å². The second-order valence-corrected chi connectivity index (χ2v) is 24.9. The van der Waals surface area contributed by atoms with E-state index in [9.17, 15) is 19.4 Å². The molecule has 0 fully saturated rings. The highest BCUT2D eigenvalue weighted by molar-refractivity contribution is 7.47. The van der Waals surface area contributed by atoms with Crippen molar-refractivity contribution in [3.05, 3.63) is 24.3 Å². The summed E-state index contributed by atoms with van der Waals surface area (Å²) in [7, 11) is 1.59. The lowest BCUT2D eigenvalue weighted by Gasteiger charge is -2.25. The van der Waals surface area contributed by atoms with Crippen molar-refractivity contribution >= 4 is 13.7 Å². The third-order valence-corrected chi connectivity index (χ3v) is 15.9. The number of aliphatic hydroxyl groups is 1. The van der Waals surface area contributed by atoms with Crippen molar-refractivity contribution in [3.8, 4) is 0 Å². The second-order valence-electron chi connectivity index (χ2n) is 23.5. The summed E-state index contributed by atoms with van der Waals surface area (Å²) >= 11 is 0. The van der Waals surface area contributed by atoms with E-state index in [0.29, 0.717) is 17.4 Å². The van der Waals surface area contributed by atoms with Gasteiger partial charge in [0.1, 0.15) is 13.2 Å². The van der Waals surface area contributed by atoms with Crippen molar-refractivity contribution in [2.24, 2.45) is 0 Å². The Kier molecular flexibility index (Phi) is 54.9. The molecule has 0 radical (unpaired) electrons. The number of hydrogen-bond donors (Lipinski definition) is 3. The molecule has 3 N–H and O–H groups in total. The second kappa shape index (κ2) is 55.7. The zero-order valence-electron chi connectivity index (χ0n) is 49.7. The molecule has 0 heterocycles. The lowest BCUT2D eigenvalue weighted by Crippen LogP contribution is -2.45. The highest BCUT2D eigenvalue weighted by Gasteiger charge is 2.28. The molecule has 434 valence electrons. The van der Waals surface area contributed by atoms with Crippen LogP contribution in [0.2, 0.25) is 0 Å². The molecule has 0 saturated heterocycles. The molecule has 0 bridgehead atoms. The van der Waals surface area contributed by atoms with E-state index in [4.69, 9.17) is 9.05 Å². The Labute approximate surface area is 455 Å². The summed E-state index contributed by atoms with van der Waals surface area (Å²) in [6, 6.07) is -0.846. The maximum Gasteiger partial charge on any atom is 0.472 e. The van der Waals surface area contributed by atoms with Gasteiger partial charge < -0.3 is 19.8 Å². The van der Waals surface area contributed by atoms with E-state index in [1.54, 1.807) is 6.08 Å². The van der Waals surface area contributed by atoms with Crippen LogP contribution in [0.4, 0.5) is 0 Å². The largest absolute Gasteiger partial charge is 0.472 e. The standard InChI is InChI=1S/C64H127N2O6P/c1-6-8-10-12-14-16-18-20-22-24-26-28-30-32-33-34-36-38-40-42-44-46-48-50-52-54-56-58-64(68)65-62(61-72-73(69,70)71-60-59-66(3,4)5)63(67)57-55-53-51-49-47-45-43-41-39-37-35-31-29-27-25-23-21-19-17-15-13-11-9-7-2/h32-33,55,57,62-63,67H,6-31,34-54,56,58-61H2,1-5H3,(H-,65,68,69,70)/p+1/b33-32-,57-55+. The molecule has 0 aliphatic carbocycles. The lowest BCUT2D eigenvalue weighted by atomic mass is 10.0. The Morgan fingerprint density at radius 2 is 0.740 bits per heavy atom. The number of phosphoric ester groups is 1. The van der Waals surface area contributed by atoms with Crippen LogP contribution in [0, 0.1) is 0 Å². The quantitative estimate of drug-likeness (QED) is 0.0243. The summed E-state index contributed by atoms with van der Waals surface area (Å²) in [5, 5.41) is 14.0. The van der Waals surface area contributed by atoms with Crippen molar-refractivity contribution in [1.82, 2.24) is 5.32 Å². The number of aliphatic hydroxyl groups excluding tert-OH is 1. The van der Waals surface area contributed by atoms with Crippen LogP contribution in [0.1, 0.15) is 328 Å². The predicted molar refractivity (Wildman–Crippen MR) is 318 cm³/mol. The fourth-order valence-electron chi connectivity index (χ4n) is 9.86. The first kappa shape index (κ1) is 72.0. The zero-order chi connectivity index (χ0) is 53.5. The first-order chi connectivity index (χ1) is 35.5. The highest BCUT2D eigenvalue weighted by atomic mass is 31.2. The molecule has 0 saturated carbocycles. The number of likely N-dealkylation sites (N-methyl/N-ethyl adjacent to an activating group) is 1. The molecule has 3 unspecified atom stereocenters. The van der Waals surface area contributed by atoms with E-state index in [2.05, 4.69) is 31.3 Å². The Morgan fingerprint density at radius 1 is 0.452 bits per heavy atom. The predicted octanol–water partition coefficient (Wildman–Crippen LogP) is 19.9. The van der Waals surface area contributed by atoms with Gasteiger partial charge in [0.15, 0.2) is 0 Å². The van der Waals surface area contributed by atoms with Crippen LogP contribution in [-0.2, 0) is 18.4 Å². The maximum atomic E-state index is 13.0. The van der Waals surface area contributed by atoms with E-state index >= 15 is 0 Å². The van der Waals surface area contributed by atoms with Gasteiger partial charge in [0.2, 0.25) is 5.91 Å². The molecule has 0 spiro atoms. The number of carbonyl (C=O) groups excluding carboxylic acids is 1. The molecule has 0 aromatic heterocycles. The van der Waals surface area contributed by atoms with Crippen LogP contribution in [0.5, 0.6) is 0 Å². The Balaban J connectivity index is 4.12. The molecule has 0 aromatic carbocycles. The van der Waals surface area contributed by atoms with Gasteiger partial charge in [0, 0.05) is 6.42 Å². The lowest BCUT2D eigenvalue weighted by molar-refractivity contribution is -0.870. The Hall–Kier alpha value is -1.02. The maximum absolute atomic E-state index is 13.0. The van der Waals surface area contributed by atoms with E-state index in [0.717, 1.165) is 32.1 Å². The monoisotopic (exact) mass is 1050 g/mol. The number of phosphoric acid groups is 1. The number of hydrogen-bond acceptors (Lipinski definition) is 5.